The van der Waals surface area contributed by atoms with Crippen molar-refractivity contribution >= 4 is 44.1 Å². The van der Waals surface area contributed by atoms with Crippen molar-refractivity contribution in [1.82, 2.24) is 0 Å². The van der Waals surface area contributed by atoms with Gasteiger partial charge < -0.3 is 10.2 Å². The normalized spacial score (nSPS) is 15.8. The quantitative estimate of drug-likeness (QED) is 0.115. The molecule has 0 unspecified atom stereocenters. The Morgan fingerprint density at radius 1 is 0.578 bits per heavy atom. The fourth-order valence-corrected chi connectivity index (χ4v) is 9.18. The Morgan fingerprint density at radius 2 is 0.956 bits per heavy atom. The van der Waals surface area contributed by atoms with E-state index in [1.807, 2.05) is 106 Å². The standard InChI is InChI=1S/C32H28N2O2.2C4H9.Sn/c1-20-4-10-23(11-5-20)30(26-16-18-28(33-26)31(35)24-12-6-21(2)7-13-24)27-17-19-29(34-27)32(36)25-14-8-22(3)9-15-25;2*1-3-4-2;/h4-19,30,35-36H,1-3H3;2*1,3-4H2,2H3;/q;;;+2/p-2/b31-28-,32-29-;;;. The summed E-state index contributed by atoms with van der Waals surface area (Å²) in [5, 5.41) is 26.1. The predicted molar refractivity (Wildman–Crippen MR) is 188 cm³/mol. The van der Waals surface area contributed by atoms with E-state index in [1.54, 1.807) is 21.0 Å². The van der Waals surface area contributed by atoms with Crippen LogP contribution in [0.2, 0.25) is 8.87 Å². The van der Waals surface area contributed by atoms with Crippen molar-refractivity contribution in [3.8, 4) is 0 Å². The fourth-order valence-electron chi connectivity index (χ4n) is 5.02. The second-order valence-corrected chi connectivity index (χ2v) is 16.0. The van der Waals surface area contributed by atoms with Gasteiger partial charge in [0.15, 0.2) is 0 Å². The van der Waals surface area contributed by atoms with Gasteiger partial charge in [-0.3, -0.25) is 9.98 Å². The molecule has 0 N–H and O–H groups in total. The van der Waals surface area contributed by atoms with Gasteiger partial charge in [-0.25, -0.2) is 0 Å². The maximum absolute atomic E-state index is 13.1. The number of allylic oxidation sites excluding steroid dienone is 4. The minimum absolute atomic E-state index is 0.116. The average molecular weight is 704 g/mol. The van der Waals surface area contributed by atoms with Crippen LogP contribution in [0, 0.1) is 20.8 Å². The molecule has 0 radical (unpaired) electrons. The zero-order valence-electron chi connectivity index (χ0n) is 27.3. The van der Waals surface area contributed by atoms with Crippen LogP contribution >= 0.6 is 0 Å². The Balaban J connectivity index is 0.000000448. The molecule has 0 saturated heterocycles. The molecule has 2 heterocycles. The molecule has 5 heteroatoms. The van der Waals surface area contributed by atoms with Gasteiger partial charge in [-0.15, -0.1) is 0 Å². The Morgan fingerprint density at radius 3 is 1.33 bits per heavy atom. The van der Waals surface area contributed by atoms with Crippen LogP contribution in [-0.2, 0) is 0 Å². The molecule has 0 spiro atoms. The van der Waals surface area contributed by atoms with E-state index in [9.17, 15) is 10.2 Å². The topological polar surface area (TPSA) is 70.8 Å². The number of rotatable bonds is 11. The van der Waals surface area contributed by atoms with Crippen molar-refractivity contribution in [2.75, 3.05) is 0 Å². The summed E-state index contributed by atoms with van der Waals surface area (Å²) in [5.74, 6) is -0.533. The summed E-state index contributed by atoms with van der Waals surface area (Å²) >= 11 is 0.149. The van der Waals surface area contributed by atoms with E-state index in [2.05, 4.69) is 13.8 Å². The van der Waals surface area contributed by atoms with E-state index in [-0.39, 0.29) is 38.6 Å². The minimum atomic E-state index is -0.301. The molecule has 4 nitrogen and oxygen atoms in total. The first-order valence-corrected chi connectivity index (χ1v) is 20.1. The molecule has 0 aliphatic carbocycles. The molecule has 230 valence electrons. The molecular formula is C40H44N2O2Sn. The third kappa shape index (κ3) is 9.67. The van der Waals surface area contributed by atoms with Crippen LogP contribution in [-0.4, -0.2) is 32.6 Å². The van der Waals surface area contributed by atoms with Gasteiger partial charge >= 0.3 is 69.5 Å². The molecule has 5 rings (SSSR count). The molecule has 0 fully saturated rings. The molecule has 3 aromatic carbocycles. The van der Waals surface area contributed by atoms with Gasteiger partial charge in [0.05, 0.1) is 28.7 Å². The number of nitrogens with zero attached hydrogens (tertiary/aromatic N) is 2. The number of hydrogen-bond acceptors (Lipinski definition) is 4. The molecule has 0 saturated carbocycles. The van der Waals surface area contributed by atoms with Crippen LogP contribution in [0.5, 0.6) is 0 Å². The summed E-state index contributed by atoms with van der Waals surface area (Å²) in [7, 11) is 0. The molecule has 45 heavy (non-hydrogen) atoms. The van der Waals surface area contributed by atoms with Gasteiger partial charge in [0.1, 0.15) is 0 Å². The fraction of sp³-hybridized carbons (Fsp3) is 0.300. The Kier molecular flexibility index (Phi) is 13.1. The number of benzene rings is 3. The largest absolute Gasteiger partial charge is 0.871 e. The summed E-state index contributed by atoms with van der Waals surface area (Å²) in [6.45, 7) is 10.6. The second kappa shape index (κ2) is 17.2. The molecule has 0 atom stereocenters. The van der Waals surface area contributed by atoms with Crippen LogP contribution in [0.25, 0.3) is 11.5 Å². The van der Waals surface area contributed by atoms with E-state index in [0.717, 1.165) is 33.7 Å². The van der Waals surface area contributed by atoms with E-state index in [1.165, 1.54) is 25.7 Å². The van der Waals surface area contributed by atoms with E-state index >= 15 is 0 Å². The van der Waals surface area contributed by atoms with E-state index in [4.69, 9.17) is 9.98 Å². The smallest absolute Gasteiger partial charge is 0.0686 e. The van der Waals surface area contributed by atoms with Crippen LogP contribution in [0.3, 0.4) is 0 Å². The Labute approximate surface area is 280 Å². The average Bonchev–Trinajstić information content (AvgIpc) is 3.74. The first-order chi connectivity index (χ1) is 21.8. The molecule has 2 aliphatic rings. The maximum atomic E-state index is 13.1. The van der Waals surface area contributed by atoms with Gasteiger partial charge in [0.25, 0.3) is 0 Å². The third-order valence-electron chi connectivity index (χ3n) is 7.83. The first-order valence-electron chi connectivity index (χ1n) is 16.1. The number of aryl methyl sites for hydroxylation is 3. The minimum Gasteiger partial charge on any atom is -0.871 e. The van der Waals surface area contributed by atoms with Crippen LogP contribution in [0.1, 0.15) is 78.8 Å². The van der Waals surface area contributed by atoms with Crippen LogP contribution < -0.4 is 10.2 Å². The zero-order chi connectivity index (χ0) is 32.2. The van der Waals surface area contributed by atoms with Crippen LogP contribution in [0.15, 0.2) is 118 Å². The first kappa shape index (κ1) is 34.2. The summed E-state index contributed by atoms with van der Waals surface area (Å²) in [4.78, 5) is 9.46. The van der Waals surface area contributed by atoms with Crippen molar-refractivity contribution < 1.29 is 10.2 Å². The van der Waals surface area contributed by atoms with Gasteiger partial charge in [0.2, 0.25) is 0 Å². The SMILES string of the molecule is CCC[CH2][Sn+2][CH2]CCC.Cc1ccc(/C([O-])=C2\C=CC(C(C3=N/C(=C(\[O-])c4ccc(C)cc4)C=C3)c3ccc(C)cc3)=N2)cc1. The van der Waals surface area contributed by atoms with Crippen molar-refractivity contribution in [2.45, 2.75) is 75.1 Å². The number of aliphatic imine (C=N–C) groups is 2. The molecule has 0 amide bonds. The van der Waals surface area contributed by atoms with E-state index in [0.29, 0.717) is 22.5 Å². The molecule has 0 bridgehead atoms. The van der Waals surface area contributed by atoms with Crippen molar-refractivity contribution in [1.29, 1.82) is 0 Å². The monoisotopic (exact) mass is 704 g/mol. The second-order valence-electron chi connectivity index (χ2n) is 11.7. The van der Waals surface area contributed by atoms with E-state index < -0.39 is 0 Å². The summed E-state index contributed by atoms with van der Waals surface area (Å²) in [6, 6.07) is 23.2. The predicted octanol–water partition coefficient (Wildman–Crippen LogP) is 8.30. The number of unbranched alkanes of at least 4 members (excludes halogenated alkanes) is 2. The summed E-state index contributed by atoms with van der Waals surface area (Å²) in [6.07, 6.45) is 13.1. The number of hydrogen-bond donors (Lipinski definition) is 0. The van der Waals surface area contributed by atoms with Gasteiger partial charge in [-0.1, -0.05) is 101 Å². The van der Waals surface area contributed by atoms with Crippen molar-refractivity contribution in [3.63, 3.8) is 0 Å². The van der Waals surface area contributed by atoms with Crippen LogP contribution in [0.4, 0.5) is 0 Å². The third-order valence-corrected chi connectivity index (χ3v) is 11.9. The Hall–Kier alpha value is -3.64. The summed E-state index contributed by atoms with van der Waals surface area (Å²) in [5.41, 5.74) is 7.80. The molecule has 3 aromatic rings. The van der Waals surface area contributed by atoms with Crippen molar-refractivity contribution in [2.24, 2.45) is 9.98 Å². The molecule has 0 aromatic heterocycles. The molecular weight excluding hydrogens is 659 g/mol. The molecule has 2 aliphatic heterocycles. The summed E-state index contributed by atoms with van der Waals surface area (Å²) < 4.78 is 3.25. The Bertz CT molecular complexity index is 1510. The van der Waals surface area contributed by atoms with Crippen molar-refractivity contribution in [3.05, 3.63) is 142 Å². The van der Waals surface area contributed by atoms with Gasteiger partial charge in [-0.2, -0.15) is 0 Å². The van der Waals surface area contributed by atoms with Gasteiger partial charge in [0, 0.05) is 0 Å². The van der Waals surface area contributed by atoms with Gasteiger partial charge in [-0.05, 0) is 61.8 Å². The zero-order valence-corrected chi connectivity index (χ0v) is 30.1. The maximum Gasteiger partial charge on any atom is 0.0686 e.